The van der Waals surface area contributed by atoms with Gasteiger partial charge in [-0.05, 0) is 23.8 Å². The molecule has 6 heteroatoms. The minimum absolute atomic E-state index is 0.117. The Morgan fingerprint density at radius 2 is 1.81 bits per heavy atom. The number of aliphatic hydroxyl groups is 1. The quantitative estimate of drug-likeness (QED) is 0.850. The predicted octanol–water partition coefficient (Wildman–Crippen LogP) is 4.56. The fraction of sp³-hybridized carbons (Fsp3) is 0.200. The Labute approximate surface area is 137 Å². The lowest BCUT2D eigenvalue weighted by Crippen LogP contribution is -2.21. The molecule has 0 amide bonds. The second-order valence-electron chi connectivity index (χ2n) is 4.60. The number of hydrogen-bond acceptors (Lipinski definition) is 2. The Hall–Kier alpha value is -0.840. The first-order chi connectivity index (χ1) is 9.95. The van der Waals surface area contributed by atoms with Gasteiger partial charge in [0, 0.05) is 28.1 Å². The Balaban J connectivity index is 2.43. The lowest BCUT2D eigenvalue weighted by molar-refractivity contribution is 0.147. The Morgan fingerprint density at radius 3 is 2.43 bits per heavy atom. The summed E-state index contributed by atoms with van der Waals surface area (Å²) in [6, 6.07) is 9.19. The zero-order valence-corrected chi connectivity index (χ0v) is 13.1. The second-order valence-corrected chi connectivity index (χ2v) is 5.82. The van der Waals surface area contributed by atoms with E-state index >= 15 is 0 Å². The Bertz CT molecular complexity index is 651. The minimum atomic E-state index is -1.07. The molecule has 0 aliphatic carbocycles. The SMILES string of the molecule is NCC(c1ccc(Cl)cc1Cl)C(O)c1cccc(F)c1Cl. The average molecular weight is 349 g/mol. The fourth-order valence-corrected chi connectivity index (χ4v) is 2.98. The summed E-state index contributed by atoms with van der Waals surface area (Å²) in [4.78, 5) is 0. The van der Waals surface area contributed by atoms with Crippen molar-refractivity contribution in [1.29, 1.82) is 0 Å². The first-order valence-corrected chi connectivity index (χ1v) is 7.36. The predicted molar refractivity (Wildman–Crippen MR) is 84.6 cm³/mol. The standard InChI is InChI=1S/C15H13Cl3FNO/c16-8-4-5-9(12(17)6-8)11(7-20)15(21)10-2-1-3-13(19)14(10)18/h1-6,11,15,21H,7,20H2. The van der Waals surface area contributed by atoms with Gasteiger partial charge in [0.05, 0.1) is 11.1 Å². The summed E-state index contributed by atoms with van der Waals surface area (Å²) in [5, 5.41) is 11.3. The van der Waals surface area contributed by atoms with Gasteiger partial charge in [-0.1, -0.05) is 53.0 Å². The van der Waals surface area contributed by atoms with E-state index in [1.165, 1.54) is 12.1 Å². The highest BCUT2D eigenvalue weighted by Crippen LogP contribution is 2.38. The fourth-order valence-electron chi connectivity index (χ4n) is 2.19. The first-order valence-electron chi connectivity index (χ1n) is 6.22. The van der Waals surface area contributed by atoms with E-state index in [-0.39, 0.29) is 17.1 Å². The van der Waals surface area contributed by atoms with E-state index < -0.39 is 17.8 Å². The van der Waals surface area contributed by atoms with Crippen LogP contribution < -0.4 is 5.73 Å². The van der Waals surface area contributed by atoms with Crippen LogP contribution in [0.25, 0.3) is 0 Å². The molecule has 2 rings (SSSR count). The third-order valence-electron chi connectivity index (χ3n) is 3.30. The second kappa shape index (κ2) is 6.95. The van der Waals surface area contributed by atoms with Crippen molar-refractivity contribution in [2.45, 2.75) is 12.0 Å². The monoisotopic (exact) mass is 347 g/mol. The third kappa shape index (κ3) is 3.50. The van der Waals surface area contributed by atoms with Crippen LogP contribution in [0.15, 0.2) is 36.4 Å². The average Bonchev–Trinajstić information content (AvgIpc) is 2.44. The van der Waals surface area contributed by atoms with E-state index in [1.54, 1.807) is 24.3 Å². The molecule has 21 heavy (non-hydrogen) atoms. The molecule has 2 atom stereocenters. The van der Waals surface area contributed by atoms with Crippen molar-refractivity contribution in [3.63, 3.8) is 0 Å². The van der Waals surface area contributed by atoms with Gasteiger partial charge in [-0.3, -0.25) is 0 Å². The number of aliphatic hydroxyl groups excluding tert-OH is 1. The zero-order valence-electron chi connectivity index (χ0n) is 10.9. The van der Waals surface area contributed by atoms with Gasteiger partial charge in [0.25, 0.3) is 0 Å². The van der Waals surface area contributed by atoms with Crippen LogP contribution >= 0.6 is 34.8 Å². The molecular weight excluding hydrogens is 336 g/mol. The zero-order chi connectivity index (χ0) is 15.6. The van der Waals surface area contributed by atoms with Crippen molar-refractivity contribution in [2.75, 3.05) is 6.54 Å². The molecule has 2 unspecified atom stereocenters. The van der Waals surface area contributed by atoms with E-state index in [4.69, 9.17) is 40.5 Å². The smallest absolute Gasteiger partial charge is 0.142 e. The summed E-state index contributed by atoms with van der Waals surface area (Å²) in [7, 11) is 0. The normalized spacial score (nSPS) is 14.0. The van der Waals surface area contributed by atoms with Gasteiger partial charge >= 0.3 is 0 Å². The highest BCUT2D eigenvalue weighted by atomic mass is 35.5. The topological polar surface area (TPSA) is 46.2 Å². The van der Waals surface area contributed by atoms with Crippen LogP contribution in [0, 0.1) is 5.82 Å². The van der Waals surface area contributed by atoms with Crippen LogP contribution in [0.2, 0.25) is 15.1 Å². The van der Waals surface area contributed by atoms with E-state index in [0.717, 1.165) is 0 Å². The molecule has 0 saturated carbocycles. The lowest BCUT2D eigenvalue weighted by Gasteiger charge is -2.24. The molecule has 2 nitrogen and oxygen atoms in total. The van der Waals surface area contributed by atoms with Crippen molar-refractivity contribution in [1.82, 2.24) is 0 Å². The van der Waals surface area contributed by atoms with Crippen LogP contribution in [0.3, 0.4) is 0 Å². The largest absolute Gasteiger partial charge is 0.388 e. The third-order valence-corrected chi connectivity index (χ3v) is 4.26. The van der Waals surface area contributed by atoms with Gasteiger partial charge in [0.2, 0.25) is 0 Å². The molecule has 112 valence electrons. The number of hydrogen-bond donors (Lipinski definition) is 2. The van der Waals surface area contributed by atoms with E-state index in [1.807, 2.05) is 0 Å². The summed E-state index contributed by atoms with van der Waals surface area (Å²) in [6.45, 7) is 0.120. The summed E-state index contributed by atoms with van der Waals surface area (Å²) in [5.74, 6) is -1.11. The summed E-state index contributed by atoms with van der Waals surface area (Å²) in [5.41, 5.74) is 6.66. The summed E-state index contributed by atoms with van der Waals surface area (Å²) < 4.78 is 13.5. The molecule has 0 heterocycles. The maximum absolute atomic E-state index is 13.5. The Kier molecular flexibility index (Phi) is 5.47. The molecule has 0 aliphatic rings. The van der Waals surface area contributed by atoms with E-state index in [0.29, 0.717) is 15.6 Å². The molecular formula is C15H13Cl3FNO. The molecule has 0 aliphatic heterocycles. The maximum atomic E-state index is 13.5. The van der Waals surface area contributed by atoms with Crippen LogP contribution in [-0.2, 0) is 0 Å². The summed E-state index contributed by atoms with van der Waals surface area (Å²) >= 11 is 17.9. The molecule has 0 radical (unpaired) electrons. The molecule has 3 N–H and O–H groups in total. The van der Waals surface area contributed by atoms with Crippen molar-refractivity contribution < 1.29 is 9.50 Å². The number of rotatable bonds is 4. The van der Waals surface area contributed by atoms with Crippen molar-refractivity contribution >= 4 is 34.8 Å². The minimum Gasteiger partial charge on any atom is -0.388 e. The van der Waals surface area contributed by atoms with Crippen molar-refractivity contribution in [3.8, 4) is 0 Å². The van der Waals surface area contributed by atoms with Gasteiger partial charge in [0.15, 0.2) is 0 Å². The summed E-state index contributed by atoms with van der Waals surface area (Å²) in [6.07, 6.45) is -1.07. The van der Waals surface area contributed by atoms with Gasteiger partial charge in [-0.25, -0.2) is 4.39 Å². The van der Waals surface area contributed by atoms with Gasteiger partial charge in [-0.15, -0.1) is 0 Å². The number of nitrogens with two attached hydrogens (primary N) is 1. The molecule has 0 spiro atoms. The van der Waals surface area contributed by atoms with Gasteiger partial charge in [-0.2, -0.15) is 0 Å². The first kappa shape index (κ1) is 16.5. The highest BCUT2D eigenvalue weighted by Gasteiger charge is 2.26. The van der Waals surface area contributed by atoms with E-state index in [9.17, 15) is 9.50 Å². The van der Waals surface area contributed by atoms with Crippen LogP contribution in [0.4, 0.5) is 4.39 Å². The van der Waals surface area contributed by atoms with Gasteiger partial charge < -0.3 is 10.8 Å². The molecule has 0 bridgehead atoms. The van der Waals surface area contributed by atoms with Crippen LogP contribution in [0.1, 0.15) is 23.1 Å². The lowest BCUT2D eigenvalue weighted by atomic mass is 9.89. The van der Waals surface area contributed by atoms with E-state index in [2.05, 4.69) is 0 Å². The molecule has 0 aromatic heterocycles. The van der Waals surface area contributed by atoms with Crippen LogP contribution in [-0.4, -0.2) is 11.7 Å². The molecule has 0 saturated heterocycles. The molecule has 0 fully saturated rings. The Morgan fingerprint density at radius 1 is 1.10 bits per heavy atom. The maximum Gasteiger partial charge on any atom is 0.142 e. The van der Waals surface area contributed by atoms with Crippen molar-refractivity contribution in [2.24, 2.45) is 5.73 Å². The molecule has 2 aromatic rings. The highest BCUT2D eigenvalue weighted by molar-refractivity contribution is 6.35. The number of benzene rings is 2. The number of halogens is 4. The molecule has 2 aromatic carbocycles. The van der Waals surface area contributed by atoms with Gasteiger partial charge in [0.1, 0.15) is 5.82 Å². The van der Waals surface area contributed by atoms with Crippen molar-refractivity contribution in [3.05, 3.63) is 68.4 Å². The van der Waals surface area contributed by atoms with Crippen LogP contribution in [0.5, 0.6) is 0 Å².